The Morgan fingerprint density at radius 3 is 2.66 bits per heavy atom. The Kier molecular flexibility index (Phi) is 6.03. The third kappa shape index (κ3) is 4.10. The number of nitrogens with zero attached hydrogens (tertiary/aromatic N) is 1. The normalized spacial score (nSPS) is 16.1. The molecule has 0 amide bonds. The van der Waals surface area contributed by atoms with Crippen LogP contribution in [0.25, 0.3) is 10.9 Å². The van der Waals surface area contributed by atoms with E-state index < -0.39 is 5.97 Å². The average molecular weight is 390 g/mol. The zero-order valence-electron chi connectivity index (χ0n) is 17.4. The Bertz CT molecular complexity index is 987. The molecular weight excluding hydrogens is 358 g/mol. The number of carboxylic acid groups (broad SMARTS) is 1. The first-order valence-electron chi connectivity index (χ1n) is 11.1. The minimum atomic E-state index is -0.682. The highest BCUT2D eigenvalue weighted by molar-refractivity contribution is 5.92. The Morgan fingerprint density at radius 2 is 1.90 bits per heavy atom. The van der Waals surface area contributed by atoms with Gasteiger partial charge in [-0.25, -0.2) is 0 Å². The molecule has 1 aromatic heterocycles. The minimum absolute atomic E-state index is 0.381. The number of benzene rings is 2. The molecule has 3 nitrogen and oxygen atoms in total. The predicted octanol–water partition coefficient (Wildman–Crippen LogP) is 6.32. The second-order valence-electron chi connectivity index (χ2n) is 8.38. The van der Waals surface area contributed by atoms with Gasteiger partial charge < -0.3 is 9.67 Å². The largest absolute Gasteiger partial charge is 0.481 e. The first-order chi connectivity index (χ1) is 14.2. The molecule has 1 aliphatic carbocycles. The van der Waals surface area contributed by atoms with Crippen molar-refractivity contribution in [1.29, 1.82) is 0 Å². The molecule has 0 saturated carbocycles. The number of fused-ring (bicyclic) bond motifs is 3. The van der Waals surface area contributed by atoms with Gasteiger partial charge >= 0.3 is 5.97 Å². The summed E-state index contributed by atoms with van der Waals surface area (Å²) in [6.07, 6.45) is 8.72. The zero-order valence-corrected chi connectivity index (χ0v) is 17.4. The van der Waals surface area contributed by atoms with Gasteiger partial charge in [0.15, 0.2) is 0 Å². The Labute approximate surface area is 173 Å². The lowest BCUT2D eigenvalue weighted by Gasteiger charge is -2.21. The third-order valence-electron chi connectivity index (χ3n) is 6.33. The number of carbonyl (C=O) groups is 1. The summed E-state index contributed by atoms with van der Waals surface area (Å²) in [6, 6.07) is 17.2. The van der Waals surface area contributed by atoms with Crippen LogP contribution in [-0.4, -0.2) is 15.6 Å². The molecule has 3 aromatic rings. The monoisotopic (exact) mass is 389 g/mol. The fourth-order valence-corrected chi connectivity index (χ4v) is 4.86. The Morgan fingerprint density at radius 1 is 1.07 bits per heavy atom. The van der Waals surface area contributed by atoms with E-state index in [-0.39, 0.29) is 5.92 Å². The quantitative estimate of drug-likeness (QED) is 0.458. The number of hydrogen-bond donors (Lipinski definition) is 1. The standard InChI is InChI=1S/C26H31NO2/c1-2-3-4-6-10-19-15-16-23-22(17-19)25-21(26(28)29)13-9-14-24(25)27(23)18-20-11-7-5-8-12-20/h5,7-8,11-12,15-17,21H,2-4,6,9-10,13-14,18H2,1H3,(H,28,29). The molecule has 0 fully saturated rings. The summed E-state index contributed by atoms with van der Waals surface area (Å²) in [5.74, 6) is -1.06. The van der Waals surface area contributed by atoms with E-state index >= 15 is 0 Å². The summed E-state index contributed by atoms with van der Waals surface area (Å²) in [5, 5.41) is 11.1. The highest BCUT2D eigenvalue weighted by Gasteiger charge is 2.31. The van der Waals surface area contributed by atoms with Crippen LogP contribution in [0.4, 0.5) is 0 Å². The smallest absolute Gasteiger partial charge is 0.311 e. The van der Waals surface area contributed by atoms with Gasteiger partial charge in [-0.2, -0.15) is 0 Å². The SMILES string of the molecule is CCCCCCc1ccc2c(c1)c1c(n2Cc2ccccc2)CCCC1C(=O)O. The van der Waals surface area contributed by atoms with Gasteiger partial charge in [-0.05, 0) is 60.9 Å². The summed E-state index contributed by atoms with van der Waals surface area (Å²) >= 11 is 0. The van der Waals surface area contributed by atoms with Crippen molar-refractivity contribution in [3.63, 3.8) is 0 Å². The van der Waals surface area contributed by atoms with Crippen LogP contribution in [0.5, 0.6) is 0 Å². The number of aromatic nitrogens is 1. The minimum Gasteiger partial charge on any atom is -0.481 e. The number of aryl methyl sites for hydroxylation is 1. The van der Waals surface area contributed by atoms with Gasteiger partial charge in [0.25, 0.3) is 0 Å². The van der Waals surface area contributed by atoms with E-state index in [0.29, 0.717) is 0 Å². The second kappa shape index (κ2) is 8.86. The topological polar surface area (TPSA) is 42.2 Å². The Hall–Kier alpha value is -2.55. The molecule has 1 atom stereocenters. The van der Waals surface area contributed by atoms with Crippen molar-refractivity contribution in [2.24, 2.45) is 0 Å². The molecule has 0 bridgehead atoms. The van der Waals surface area contributed by atoms with Crippen LogP contribution in [0.3, 0.4) is 0 Å². The highest BCUT2D eigenvalue weighted by atomic mass is 16.4. The highest BCUT2D eigenvalue weighted by Crippen LogP contribution is 2.40. The van der Waals surface area contributed by atoms with Crippen molar-refractivity contribution in [3.8, 4) is 0 Å². The average Bonchev–Trinajstić information content (AvgIpc) is 3.05. The molecule has 0 saturated heterocycles. The van der Waals surface area contributed by atoms with E-state index in [9.17, 15) is 9.90 Å². The van der Waals surface area contributed by atoms with Gasteiger partial charge in [0.05, 0.1) is 5.92 Å². The molecule has 152 valence electrons. The number of hydrogen-bond acceptors (Lipinski definition) is 1. The Balaban J connectivity index is 1.77. The number of unbranched alkanes of at least 4 members (excludes halogenated alkanes) is 3. The van der Waals surface area contributed by atoms with E-state index in [2.05, 4.69) is 54.0 Å². The van der Waals surface area contributed by atoms with Crippen LogP contribution in [-0.2, 0) is 24.2 Å². The molecule has 0 radical (unpaired) electrons. The van der Waals surface area contributed by atoms with Crippen LogP contribution >= 0.6 is 0 Å². The van der Waals surface area contributed by atoms with Crippen molar-refractivity contribution in [2.45, 2.75) is 70.8 Å². The van der Waals surface area contributed by atoms with E-state index in [1.807, 2.05) is 6.07 Å². The third-order valence-corrected chi connectivity index (χ3v) is 6.33. The molecule has 2 aromatic carbocycles. The second-order valence-corrected chi connectivity index (χ2v) is 8.38. The number of carboxylic acids is 1. The molecule has 3 heteroatoms. The van der Waals surface area contributed by atoms with Crippen molar-refractivity contribution in [1.82, 2.24) is 4.57 Å². The molecule has 0 spiro atoms. The predicted molar refractivity (Wildman–Crippen MR) is 119 cm³/mol. The molecule has 0 aliphatic heterocycles. The van der Waals surface area contributed by atoms with Crippen molar-refractivity contribution < 1.29 is 9.90 Å². The fraction of sp³-hybridized carbons (Fsp3) is 0.423. The van der Waals surface area contributed by atoms with Crippen LogP contribution < -0.4 is 0 Å². The molecule has 1 heterocycles. The first-order valence-corrected chi connectivity index (χ1v) is 11.1. The summed E-state index contributed by atoms with van der Waals surface area (Å²) in [6.45, 7) is 3.04. The van der Waals surface area contributed by atoms with E-state index in [1.165, 1.54) is 48.0 Å². The number of aliphatic carboxylic acids is 1. The summed E-state index contributed by atoms with van der Waals surface area (Å²) in [5.41, 5.74) is 6.08. The van der Waals surface area contributed by atoms with Crippen molar-refractivity contribution in [2.75, 3.05) is 0 Å². The van der Waals surface area contributed by atoms with E-state index in [1.54, 1.807) is 0 Å². The van der Waals surface area contributed by atoms with E-state index in [0.717, 1.165) is 43.2 Å². The van der Waals surface area contributed by atoms with Crippen LogP contribution in [0.1, 0.15) is 73.8 Å². The van der Waals surface area contributed by atoms with Crippen LogP contribution in [0.2, 0.25) is 0 Å². The molecular formula is C26H31NO2. The van der Waals surface area contributed by atoms with Gasteiger partial charge in [0.2, 0.25) is 0 Å². The maximum Gasteiger partial charge on any atom is 0.311 e. The molecule has 4 rings (SSSR count). The zero-order chi connectivity index (χ0) is 20.2. The lowest BCUT2D eigenvalue weighted by molar-refractivity contribution is -0.139. The van der Waals surface area contributed by atoms with Crippen molar-refractivity contribution >= 4 is 16.9 Å². The molecule has 1 N–H and O–H groups in total. The summed E-state index contributed by atoms with van der Waals surface area (Å²) < 4.78 is 2.37. The van der Waals surface area contributed by atoms with Crippen LogP contribution in [0, 0.1) is 0 Å². The van der Waals surface area contributed by atoms with Crippen LogP contribution in [0.15, 0.2) is 48.5 Å². The van der Waals surface area contributed by atoms with Gasteiger partial charge in [-0.3, -0.25) is 4.79 Å². The first kappa shape index (κ1) is 19.8. The lowest BCUT2D eigenvalue weighted by atomic mass is 9.85. The maximum atomic E-state index is 12.0. The lowest BCUT2D eigenvalue weighted by Crippen LogP contribution is -2.19. The van der Waals surface area contributed by atoms with Crippen molar-refractivity contribution in [3.05, 3.63) is 70.9 Å². The summed E-state index contributed by atoms with van der Waals surface area (Å²) in [4.78, 5) is 12.0. The fourth-order valence-electron chi connectivity index (χ4n) is 4.86. The summed E-state index contributed by atoms with van der Waals surface area (Å²) in [7, 11) is 0. The van der Waals surface area contributed by atoms with Gasteiger partial charge in [-0.15, -0.1) is 0 Å². The molecule has 1 unspecified atom stereocenters. The number of rotatable bonds is 8. The van der Waals surface area contributed by atoms with E-state index in [4.69, 9.17) is 0 Å². The van der Waals surface area contributed by atoms with Gasteiger partial charge in [-0.1, -0.05) is 62.6 Å². The molecule has 29 heavy (non-hydrogen) atoms. The van der Waals surface area contributed by atoms with Gasteiger partial charge in [0, 0.05) is 23.1 Å². The molecule has 1 aliphatic rings. The maximum absolute atomic E-state index is 12.0. The van der Waals surface area contributed by atoms with Gasteiger partial charge in [0.1, 0.15) is 0 Å².